The molecule has 0 saturated heterocycles. The molecular weight excluding hydrogens is 243 g/mol. The maximum absolute atomic E-state index is 12.9. The molecule has 17 heavy (non-hydrogen) atoms. The van der Waals surface area contributed by atoms with Crippen molar-refractivity contribution in [2.75, 3.05) is 0 Å². The van der Waals surface area contributed by atoms with Crippen molar-refractivity contribution in [2.45, 2.75) is 24.8 Å². The Morgan fingerprint density at radius 1 is 1.41 bits per heavy atom. The van der Waals surface area contributed by atoms with Gasteiger partial charge >= 0.3 is 0 Å². The van der Waals surface area contributed by atoms with Crippen molar-refractivity contribution in [2.24, 2.45) is 5.92 Å². The molecule has 92 valence electrons. The van der Waals surface area contributed by atoms with Crippen LogP contribution in [0.25, 0.3) is 0 Å². The number of nitrogens with zero attached hydrogens (tertiary/aromatic N) is 1. The molecule has 0 aliphatic carbocycles. The second kappa shape index (κ2) is 5.25. The van der Waals surface area contributed by atoms with Gasteiger partial charge in [-0.1, -0.05) is 19.9 Å². The molecule has 0 aliphatic rings. The first-order chi connectivity index (χ1) is 7.86. The molecule has 0 spiro atoms. The first kappa shape index (κ1) is 13.6. The fourth-order valence-corrected chi connectivity index (χ4v) is 2.50. The van der Waals surface area contributed by atoms with E-state index in [9.17, 15) is 12.8 Å². The number of hydrogen-bond acceptors (Lipinski definition) is 3. The lowest BCUT2D eigenvalue weighted by molar-refractivity contribution is 0.514. The third kappa shape index (κ3) is 3.51. The number of sulfonamides is 1. The summed E-state index contributed by atoms with van der Waals surface area (Å²) in [5, 5.41) is 8.81. The molecule has 0 fully saturated rings. The van der Waals surface area contributed by atoms with Crippen LogP contribution in [-0.4, -0.2) is 14.5 Å². The molecule has 1 aromatic carbocycles. The van der Waals surface area contributed by atoms with E-state index in [4.69, 9.17) is 5.26 Å². The maximum Gasteiger partial charge on any atom is 0.241 e. The van der Waals surface area contributed by atoms with Crippen molar-refractivity contribution < 1.29 is 12.8 Å². The molecular formula is C11H13FN2O2S. The fourth-order valence-electron chi connectivity index (χ4n) is 1.18. The van der Waals surface area contributed by atoms with Crippen LogP contribution < -0.4 is 4.72 Å². The second-order valence-corrected chi connectivity index (χ2v) is 5.64. The summed E-state index contributed by atoms with van der Waals surface area (Å²) in [6.45, 7) is 3.45. The van der Waals surface area contributed by atoms with Crippen molar-refractivity contribution in [3.05, 3.63) is 30.1 Å². The van der Waals surface area contributed by atoms with Crippen LogP contribution >= 0.6 is 0 Å². The van der Waals surface area contributed by atoms with Gasteiger partial charge in [0.25, 0.3) is 0 Å². The van der Waals surface area contributed by atoms with Crippen LogP contribution in [0.5, 0.6) is 0 Å². The van der Waals surface area contributed by atoms with Crippen molar-refractivity contribution in [3.8, 4) is 6.07 Å². The maximum atomic E-state index is 12.9. The van der Waals surface area contributed by atoms with Gasteiger partial charge in [0.05, 0.1) is 11.0 Å². The Bertz CT molecular complexity index is 535. The molecule has 0 amide bonds. The lowest BCUT2D eigenvalue weighted by Crippen LogP contribution is -2.37. The van der Waals surface area contributed by atoms with Crippen LogP contribution in [0.4, 0.5) is 4.39 Å². The highest BCUT2D eigenvalue weighted by Gasteiger charge is 2.22. The van der Waals surface area contributed by atoms with Gasteiger partial charge in [-0.15, -0.1) is 0 Å². The molecule has 1 rings (SSSR count). The monoisotopic (exact) mass is 256 g/mol. The molecule has 0 saturated carbocycles. The molecule has 0 heterocycles. The summed E-state index contributed by atoms with van der Waals surface area (Å²) in [5.41, 5.74) is 0. The van der Waals surface area contributed by atoms with Gasteiger partial charge in [-0.25, -0.2) is 12.8 Å². The highest BCUT2D eigenvalue weighted by atomic mass is 32.2. The SMILES string of the molecule is CC(C)C(C#N)NS(=O)(=O)c1cccc(F)c1. The Morgan fingerprint density at radius 3 is 2.53 bits per heavy atom. The highest BCUT2D eigenvalue weighted by molar-refractivity contribution is 7.89. The zero-order valence-electron chi connectivity index (χ0n) is 9.51. The van der Waals surface area contributed by atoms with Gasteiger partial charge < -0.3 is 0 Å². The van der Waals surface area contributed by atoms with Crippen molar-refractivity contribution in [1.82, 2.24) is 4.72 Å². The van der Waals surface area contributed by atoms with E-state index in [-0.39, 0.29) is 10.8 Å². The Morgan fingerprint density at radius 2 is 2.06 bits per heavy atom. The average molecular weight is 256 g/mol. The molecule has 1 aromatic rings. The summed E-state index contributed by atoms with van der Waals surface area (Å²) in [4.78, 5) is -0.182. The molecule has 0 aliphatic heterocycles. The first-order valence-electron chi connectivity index (χ1n) is 5.04. The number of benzene rings is 1. The molecule has 1 N–H and O–H groups in total. The van der Waals surface area contributed by atoms with Gasteiger partial charge in [0, 0.05) is 0 Å². The van der Waals surface area contributed by atoms with Crippen LogP contribution in [0.15, 0.2) is 29.2 Å². The predicted octanol–water partition coefficient (Wildman–Crippen LogP) is 1.65. The van der Waals surface area contributed by atoms with Gasteiger partial charge in [-0.05, 0) is 24.1 Å². The number of hydrogen-bond donors (Lipinski definition) is 1. The third-order valence-electron chi connectivity index (χ3n) is 2.19. The van der Waals surface area contributed by atoms with E-state index < -0.39 is 21.9 Å². The van der Waals surface area contributed by atoms with E-state index in [1.807, 2.05) is 6.07 Å². The van der Waals surface area contributed by atoms with Crippen LogP contribution in [0.2, 0.25) is 0 Å². The lowest BCUT2D eigenvalue weighted by Gasteiger charge is -2.15. The minimum absolute atomic E-state index is 0.164. The number of nitriles is 1. The van der Waals surface area contributed by atoms with Crippen LogP contribution in [0.1, 0.15) is 13.8 Å². The van der Waals surface area contributed by atoms with E-state index in [2.05, 4.69) is 4.72 Å². The minimum atomic E-state index is -3.85. The number of halogens is 1. The smallest absolute Gasteiger partial charge is 0.207 e. The van der Waals surface area contributed by atoms with E-state index in [1.54, 1.807) is 13.8 Å². The van der Waals surface area contributed by atoms with Crippen LogP contribution in [0, 0.1) is 23.1 Å². The predicted molar refractivity (Wildman–Crippen MR) is 61.0 cm³/mol. The van der Waals surface area contributed by atoms with Crippen molar-refractivity contribution in [1.29, 1.82) is 5.26 Å². The van der Waals surface area contributed by atoms with E-state index in [0.717, 1.165) is 12.1 Å². The number of nitrogens with one attached hydrogen (secondary N) is 1. The minimum Gasteiger partial charge on any atom is -0.207 e. The van der Waals surface area contributed by atoms with Gasteiger partial charge in [0.15, 0.2) is 0 Å². The molecule has 0 bridgehead atoms. The Balaban J connectivity index is 3.01. The quantitative estimate of drug-likeness (QED) is 0.890. The molecule has 1 unspecified atom stereocenters. The molecule has 4 nitrogen and oxygen atoms in total. The van der Waals surface area contributed by atoms with Gasteiger partial charge in [-0.3, -0.25) is 0 Å². The summed E-state index contributed by atoms with van der Waals surface area (Å²) in [6, 6.07) is 5.68. The molecule has 0 aromatic heterocycles. The van der Waals surface area contributed by atoms with Gasteiger partial charge in [0.2, 0.25) is 10.0 Å². The Labute approximate surface area is 100 Å². The zero-order valence-corrected chi connectivity index (χ0v) is 10.3. The largest absolute Gasteiger partial charge is 0.241 e. The first-order valence-corrected chi connectivity index (χ1v) is 6.52. The van der Waals surface area contributed by atoms with E-state index in [0.29, 0.717) is 0 Å². The summed E-state index contributed by atoms with van der Waals surface area (Å²) in [6.07, 6.45) is 0. The zero-order chi connectivity index (χ0) is 13.1. The van der Waals surface area contributed by atoms with Gasteiger partial charge in [0.1, 0.15) is 11.9 Å². The molecule has 6 heteroatoms. The summed E-state index contributed by atoms with van der Waals surface area (Å²) in [7, 11) is -3.85. The van der Waals surface area contributed by atoms with Crippen molar-refractivity contribution >= 4 is 10.0 Å². The second-order valence-electron chi connectivity index (χ2n) is 3.93. The summed E-state index contributed by atoms with van der Waals surface area (Å²) in [5.74, 6) is -0.797. The van der Waals surface area contributed by atoms with Crippen molar-refractivity contribution in [3.63, 3.8) is 0 Å². The average Bonchev–Trinajstić information content (AvgIpc) is 2.25. The topological polar surface area (TPSA) is 70.0 Å². The lowest BCUT2D eigenvalue weighted by atomic mass is 10.1. The van der Waals surface area contributed by atoms with E-state index >= 15 is 0 Å². The Hall–Kier alpha value is -1.45. The van der Waals surface area contributed by atoms with Crippen LogP contribution in [-0.2, 0) is 10.0 Å². The van der Waals surface area contributed by atoms with Gasteiger partial charge in [-0.2, -0.15) is 9.98 Å². The normalized spacial score (nSPS) is 13.4. The van der Waals surface area contributed by atoms with Crippen LogP contribution in [0.3, 0.4) is 0 Å². The third-order valence-corrected chi connectivity index (χ3v) is 3.63. The standard InChI is InChI=1S/C11H13FN2O2S/c1-8(2)11(7-13)14-17(15,16)10-5-3-4-9(12)6-10/h3-6,8,11,14H,1-2H3. The summed E-state index contributed by atoms with van der Waals surface area (Å²) >= 11 is 0. The molecule has 1 atom stereocenters. The fraction of sp³-hybridized carbons (Fsp3) is 0.364. The highest BCUT2D eigenvalue weighted by Crippen LogP contribution is 2.12. The molecule has 0 radical (unpaired) electrons. The number of rotatable bonds is 4. The van der Waals surface area contributed by atoms with E-state index in [1.165, 1.54) is 12.1 Å². The summed E-state index contributed by atoms with van der Waals surface area (Å²) < 4.78 is 38.8. The Kier molecular flexibility index (Phi) is 4.21.